The Morgan fingerprint density at radius 3 is 2.56 bits per heavy atom. The number of hydrogen-bond donors (Lipinski definition) is 1. The number of carbonyl (C=O) groups excluding carboxylic acids is 1. The van der Waals surface area contributed by atoms with Crippen molar-refractivity contribution in [3.05, 3.63) is 53.9 Å². The third-order valence-corrected chi connectivity index (χ3v) is 4.57. The van der Waals surface area contributed by atoms with Crippen LogP contribution in [0.15, 0.2) is 47.0 Å². The van der Waals surface area contributed by atoms with Gasteiger partial charge in [0.15, 0.2) is 11.5 Å². The van der Waals surface area contributed by atoms with E-state index in [4.69, 9.17) is 14.0 Å². The molecule has 5 rings (SSSR count). The van der Waals surface area contributed by atoms with Gasteiger partial charge < -0.3 is 19.3 Å². The molecule has 27 heavy (non-hydrogen) atoms. The fourth-order valence-electron chi connectivity index (χ4n) is 2.94. The highest BCUT2D eigenvalue weighted by Crippen LogP contribution is 2.39. The Balaban J connectivity index is 1.30. The molecule has 1 saturated carbocycles. The van der Waals surface area contributed by atoms with Crippen molar-refractivity contribution >= 4 is 11.6 Å². The Labute approximate surface area is 155 Å². The number of fused-ring (bicyclic) bond motifs is 1. The zero-order valence-electron chi connectivity index (χ0n) is 14.5. The molecule has 0 bridgehead atoms. The second-order valence-electron chi connectivity index (χ2n) is 6.62. The van der Waals surface area contributed by atoms with Crippen LogP contribution in [0.1, 0.15) is 35.0 Å². The summed E-state index contributed by atoms with van der Waals surface area (Å²) in [7, 11) is 0. The molecule has 0 spiro atoms. The van der Waals surface area contributed by atoms with E-state index in [1.54, 1.807) is 30.3 Å². The molecule has 2 heterocycles. The number of hydrogen-bond acceptors (Lipinski definition) is 6. The van der Waals surface area contributed by atoms with Gasteiger partial charge in [-0.15, -0.1) is 0 Å². The number of nitrogens with one attached hydrogen (secondary N) is 1. The summed E-state index contributed by atoms with van der Waals surface area (Å²) in [5.41, 5.74) is 2.02. The number of benzene rings is 2. The summed E-state index contributed by atoms with van der Waals surface area (Å²) in [5, 5.41) is 6.89. The molecule has 1 N–H and O–H groups in total. The molecule has 1 amide bonds. The van der Waals surface area contributed by atoms with Crippen molar-refractivity contribution < 1.29 is 18.8 Å². The van der Waals surface area contributed by atoms with Crippen LogP contribution in [0.5, 0.6) is 11.5 Å². The van der Waals surface area contributed by atoms with Crippen molar-refractivity contribution in [2.75, 3.05) is 18.5 Å². The van der Waals surface area contributed by atoms with E-state index < -0.39 is 0 Å². The van der Waals surface area contributed by atoms with E-state index in [2.05, 4.69) is 15.5 Å². The van der Waals surface area contributed by atoms with E-state index in [1.165, 1.54) is 0 Å². The van der Waals surface area contributed by atoms with Gasteiger partial charge in [-0.2, -0.15) is 4.98 Å². The summed E-state index contributed by atoms with van der Waals surface area (Å²) >= 11 is 0. The molecule has 1 aliphatic carbocycles. The first-order chi connectivity index (χ1) is 13.3. The molecular formula is C20H17N3O4. The summed E-state index contributed by atoms with van der Waals surface area (Å²) in [5.74, 6) is 2.79. The molecule has 1 aliphatic heterocycles. The standard InChI is InChI=1S/C20H17N3O4/c24-19(21-15-7-8-16-17(11-15)26-10-9-25-16)13-3-1-12(2-4-13)18-22-20(27-23-18)14-5-6-14/h1-4,7-8,11,14H,5-6,9-10H2,(H,21,24). The Hall–Kier alpha value is -3.35. The first-order valence-electron chi connectivity index (χ1n) is 8.91. The van der Waals surface area contributed by atoms with Crippen LogP contribution in [0.3, 0.4) is 0 Å². The van der Waals surface area contributed by atoms with Crippen LogP contribution in [0.4, 0.5) is 5.69 Å². The predicted octanol–water partition coefficient (Wildman–Crippen LogP) is 3.64. The van der Waals surface area contributed by atoms with Crippen LogP contribution in [0.25, 0.3) is 11.4 Å². The fraction of sp³-hybridized carbons (Fsp3) is 0.250. The number of rotatable bonds is 4. The minimum Gasteiger partial charge on any atom is -0.486 e. The smallest absolute Gasteiger partial charge is 0.255 e. The Morgan fingerprint density at radius 1 is 1.00 bits per heavy atom. The molecule has 2 aliphatic rings. The summed E-state index contributed by atoms with van der Waals surface area (Å²) in [6.07, 6.45) is 2.22. The van der Waals surface area contributed by atoms with E-state index in [0.717, 1.165) is 18.4 Å². The van der Waals surface area contributed by atoms with E-state index >= 15 is 0 Å². The van der Waals surface area contributed by atoms with Gasteiger partial charge >= 0.3 is 0 Å². The monoisotopic (exact) mass is 363 g/mol. The van der Waals surface area contributed by atoms with Crippen LogP contribution in [-0.2, 0) is 0 Å². The lowest BCUT2D eigenvalue weighted by atomic mass is 10.1. The van der Waals surface area contributed by atoms with E-state index in [-0.39, 0.29) is 5.91 Å². The lowest BCUT2D eigenvalue weighted by molar-refractivity contribution is 0.102. The quantitative estimate of drug-likeness (QED) is 0.762. The van der Waals surface area contributed by atoms with Gasteiger partial charge in [-0.25, -0.2) is 0 Å². The van der Waals surface area contributed by atoms with Crippen molar-refractivity contribution in [2.45, 2.75) is 18.8 Å². The number of amides is 1. The molecule has 136 valence electrons. The highest BCUT2D eigenvalue weighted by atomic mass is 16.6. The molecule has 1 aromatic heterocycles. The van der Waals surface area contributed by atoms with Gasteiger partial charge in [0, 0.05) is 28.8 Å². The zero-order chi connectivity index (χ0) is 18.2. The predicted molar refractivity (Wildman–Crippen MR) is 97.1 cm³/mol. The average molecular weight is 363 g/mol. The Kier molecular flexibility index (Phi) is 3.78. The molecular weight excluding hydrogens is 346 g/mol. The lowest BCUT2D eigenvalue weighted by Crippen LogP contribution is -2.16. The minimum atomic E-state index is -0.204. The number of aromatic nitrogens is 2. The van der Waals surface area contributed by atoms with Crippen LogP contribution in [0.2, 0.25) is 0 Å². The molecule has 2 aromatic carbocycles. The first kappa shape index (κ1) is 15.9. The van der Waals surface area contributed by atoms with Crippen LogP contribution < -0.4 is 14.8 Å². The van der Waals surface area contributed by atoms with Crippen LogP contribution in [-0.4, -0.2) is 29.3 Å². The van der Waals surface area contributed by atoms with E-state index in [0.29, 0.717) is 53.6 Å². The lowest BCUT2D eigenvalue weighted by Gasteiger charge is -2.19. The minimum absolute atomic E-state index is 0.204. The number of nitrogens with zero attached hydrogens (tertiary/aromatic N) is 2. The van der Waals surface area contributed by atoms with Crippen LogP contribution in [0, 0.1) is 0 Å². The summed E-state index contributed by atoms with van der Waals surface area (Å²) < 4.78 is 16.3. The molecule has 0 radical (unpaired) electrons. The molecule has 7 heteroatoms. The molecule has 0 atom stereocenters. The average Bonchev–Trinajstić information content (AvgIpc) is 3.45. The topological polar surface area (TPSA) is 86.5 Å². The zero-order valence-corrected chi connectivity index (χ0v) is 14.5. The molecule has 0 unspecified atom stereocenters. The maximum Gasteiger partial charge on any atom is 0.255 e. The van der Waals surface area contributed by atoms with Crippen molar-refractivity contribution in [2.24, 2.45) is 0 Å². The fourth-order valence-corrected chi connectivity index (χ4v) is 2.94. The van der Waals surface area contributed by atoms with Crippen LogP contribution >= 0.6 is 0 Å². The third kappa shape index (κ3) is 3.23. The summed E-state index contributed by atoms with van der Waals surface area (Å²) in [6, 6.07) is 12.5. The normalized spacial score (nSPS) is 15.4. The Morgan fingerprint density at radius 2 is 1.78 bits per heavy atom. The van der Waals surface area contributed by atoms with Crippen molar-refractivity contribution in [3.63, 3.8) is 0 Å². The first-order valence-corrected chi connectivity index (χ1v) is 8.91. The highest BCUT2D eigenvalue weighted by molar-refractivity contribution is 6.04. The highest BCUT2D eigenvalue weighted by Gasteiger charge is 2.29. The maximum atomic E-state index is 12.5. The molecule has 0 saturated heterocycles. The van der Waals surface area contributed by atoms with Gasteiger partial charge in [-0.05, 0) is 37.1 Å². The van der Waals surface area contributed by atoms with Crippen molar-refractivity contribution in [1.29, 1.82) is 0 Å². The van der Waals surface area contributed by atoms with Crippen molar-refractivity contribution in [3.8, 4) is 22.9 Å². The molecule has 1 fully saturated rings. The van der Waals surface area contributed by atoms with Gasteiger partial charge in [0.1, 0.15) is 13.2 Å². The van der Waals surface area contributed by atoms with Gasteiger partial charge in [0.2, 0.25) is 11.7 Å². The number of ether oxygens (including phenoxy) is 2. The van der Waals surface area contributed by atoms with Gasteiger partial charge in [0.25, 0.3) is 5.91 Å². The van der Waals surface area contributed by atoms with Gasteiger partial charge in [-0.1, -0.05) is 17.3 Å². The Bertz CT molecular complexity index is 993. The molecule has 7 nitrogen and oxygen atoms in total. The SMILES string of the molecule is O=C(Nc1ccc2c(c1)OCCO2)c1ccc(-c2noc(C3CC3)n2)cc1. The van der Waals surface area contributed by atoms with E-state index in [1.807, 2.05) is 12.1 Å². The van der Waals surface area contributed by atoms with Gasteiger partial charge in [0.05, 0.1) is 0 Å². The second-order valence-corrected chi connectivity index (χ2v) is 6.62. The summed E-state index contributed by atoms with van der Waals surface area (Å²) in [6.45, 7) is 1.04. The number of anilines is 1. The summed E-state index contributed by atoms with van der Waals surface area (Å²) in [4.78, 5) is 16.9. The number of carbonyl (C=O) groups is 1. The second kappa shape index (κ2) is 6.42. The maximum absolute atomic E-state index is 12.5. The third-order valence-electron chi connectivity index (χ3n) is 4.57. The van der Waals surface area contributed by atoms with E-state index in [9.17, 15) is 4.79 Å². The molecule has 3 aromatic rings. The largest absolute Gasteiger partial charge is 0.486 e. The van der Waals surface area contributed by atoms with Gasteiger partial charge in [-0.3, -0.25) is 4.79 Å². The van der Waals surface area contributed by atoms with Crippen molar-refractivity contribution in [1.82, 2.24) is 10.1 Å².